The quantitative estimate of drug-likeness (QED) is 0.685. The van der Waals surface area contributed by atoms with Gasteiger partial charge in [0.25, 0.3) is 5.56 Å². The van der Waals surface area contributed by atoms with Gasteiger partial charge in [-0.2, -0.15) is 0 Å². The molecule has 0 aliphatic carbocycles. The van der Waals surface area contributed by atoms with Crippen LogP contribution < -0.4 is 10.9 Å². The largest absolute Gasteiger partial charge is 0.481 e. The van der Waals surface area contributed by atoms with E-state index in [-0.39, 0.29) is 30.3 Å². The number of rotatable bonds is 7. The summed E-state index contributed by atoms with van der Waals surface area (Å²) in [7, 11) is 0. The minimum Gasteiger partial charge on any atom is -0.481 e. The number of carbonyl (C=O) groups is 2. The zero-order valence-corrected chi connectivity index (χ0v) is 12.5. The summed E-state index contributed by atoms with van der Waals surface area (Å²) in [5, 5.41) is 11.3. The summed E-state index contributed by atoms with van der Waals surface area (Å²) in [6.45, 7) is 5.20. The molecule has 1 unspecified atom stereocenters. The van der Waals surface area contributed by atoms with Crippen molar-refractivity contribution in [3.8, 4) is 0 Å². The predicted octanol–water partition coefficient (Wildman–Crippen LogP) is 0.689. The molecule has 1 heterocycles. The van der Waals surface area contributed by atoms with Gasteiger partial charge >= 0.3 is 5.97 Å². The number of carboxylic acid groups (broad SMARTS) is 1. The van der Waals surface area contributed by atoms with Gasteiger partial charge in [0.05, 0.1) is 0 Å². The number of hydrogen-bond donors (Lipinski definition) is 3. The van der Waals surface area contributed by atoms with Gasteiger partial charge in [0.15, 0.2) is 0 Å². The first kappa shape index (κ1) is 16.9. The average Bonchev–Trinajstić information content (AvgIpc) is 2.34. The lowest BCUT2D eigenvalue weighted by molar-refractivity contribution is -0.137. The number of amides is 1. The number of H-pyrrole nitrogens is 1. The number of hydrogen-bond acceptors (Lipinski definition) is 4. The summed E-state index contributed by atoms with van der Waals surface area (Å²) in [5.74, 6) is -0.538. The topological polar surface area (TPSA) is 112 Å². The van der Waals surface area contributed by atoms with Gasteiger partial charge in [-0.1, -0.05) is 0 Å². The van der Waals surface area contributed by atoms with E-state index in [2.05, 4.69) is 15.3 Å². The number of carbonyl (C=O) groups excluding carboxylic acids is 1. The molecule has 7 nitrogen and oxygen atoms in total. The number of nitrogens with zero attached hydrogens (tertiary/aromatic N) is 1. The Hall–Kier alpha value is -2.18. The monoisotopic (exact) mass is 295 g/mol. The van der Waals surface area contributed by atoms with Gasteiger partial charge in [-0.15, -0.1) is 0 Å². The van der Waals surface area contributed by atoms with Crippen LogP contribution >= 0.6 is 0 Å². The molecule has 1 aromatic heterocycles. The molecule has 0 aliphatic heterocycles. The molecule has 1 atom stereocenters. The van der Waals surface area contributed by atoms with E-state index in [9.17, 15) is 14.4 Å². The molecular weight excluding hydrogens is 274 g/mol. The van der Waals surface area contributed by atoms with E-state index in [1.165, 1.54) is 0 Å². The van der Waals surface area contributed by atoms with Crippen LogP contribution in [0.1, 0.15) is 43.3 Å². The molecule has 1 rings (SSSR count). The Morgan fingerprint density at radius 3 is 2.57 bits per heavy atom. The second kappa shape index (κ2) is 7.56. The Kier molecular flexibility index (Phi) is 6.08. The zero-order chi connectivity index (χ0) is 16.0. The molecule has 0 saturated heterocycles. The van der Waals surface area contributed by atoms with Gasteiger partial charge in [-0.05, 0) is 33.6 Å². The number of aryl methyl sites for hydroxylation is 2. The van der Waals surface area contributed by atoms with Gasteiger partial charge < -0.3 is 15.4 Å². The Bertz CT molecular complexity index is 580. The second-order valence-electron chi connectivity index (χ2n) is 5.12. The van der Waals surface area contributed by atoms with E-state index in [4.69, 9.17) is 5.11 Å². The third-order valence-corrected chi connectivity index (χ3v) is 3.14. The maximum Gasteiger partial charge on any atom is 0.303 e. The van der Waals surface area contributed by atoms with Crippen molar-refractivity contribution >= 4 is 11.9 Å². The Morgan fingerprint density at radius 2 is 2.00 bits per heavy atom. The third kappa shape index (κ3) is 5.76. The number of aliphatic carboxylic acids is 1. The standard InChI is InChI=1S/C14H21N3O4/c1-8(4-7-13(19)20)15-12(18)6-5-11-9(2)16-10(3)17-14(11)21/h8H,4-7H2,1-3H3,(H,15,18)(H,19,20)(H,16,17,21). The van der Waals surface area contributed by atoms with Crippen LogP contribution in [0.15, 0.2) is 4.79 Å². The minimum absolute atomic E-state index is 0.0160. The fraction of sp³-hybridized carbons (Fsp3) is 0.571. The molecule has 116 valence electrons. The first-order valence-electron chi connectivity index (χ1n) is 6.87. The highest BCUT2D eigenvalue weighted by atomic mass is 16.4. The van der Waals surface area contributed by atoms with Crippen molar-refractivity contribution in [1.82, 2.24) is 15.3 Å². The van der Waals surface area contributed by atoms with Crippen LogP contribution in [-0.4, -0.2) is 33.0 Å². The van der Waals surface area contributed by atoms with Crippen LogP contribution in [0.4, 0.5) is 0 Å². The predicted molar refractivity (Wildman–Crippen MR) is 77.1 cm³/mol. The first-order valence-corrected chi connectivity index (χ1v) is 6.87. The molecule has 3 N–H and O–H groups in total. The minimum atomic E-state index is -0.885. The normalized spacial score (nSPS) is 12.0. The van der Waals surface area contributed by atoms with E-state index >= 15 is 0 Å². The van der Waals surface area contributed by atoms with E-state index in [1.54, 1.807) is 20.8 Å². The van der Waals surface area contributed by atoms with Crippen LogP contribution in [0.2, 0.25) is 0 Å². The molecule has 0 aromatic carbocycles. The summed E-state index contributed by atoms with van der Waals surface area (Å²) in [4.78, 5) is 40.8. The summed E-state index contributed by atoms with van der Waals surface area (Å²) in [6, 6.07) is -0.205. The molecule has 0 saturated carbocycles. The molecule has 0 spiro atoms. The second-order valence-corrected chi connectivity index (χ2v) is 5.12. The van der Waals surface area contributed by atoms with Crippen molar-refractivity contribution < 1.29 is 14.7 Å². The van der Waals surface area contributed by atoms with E-state index in [0.717, 1.165) is 0 Å². The van der Waals surface area contributed by atoms with Crippen molar-refractivity contribution in [2.75, 3.05) is 0 Å². The highest BCUT2D eigenvalue weighted by Gasteiger charge is 2.12. The molecule has 0 bridgehead atoms. The highest BCUT2D eigenvalue weighted by molar-refractivity contribution is 5.76. The van der Waals surface area contributed by atoms with Gasteiger partial charge in [-0.3, -0.25) is 14.4 Å². The molecule has 7 heteroatoms. The summed E-state index contributed by atoms with van der Waals surface area (Å²) >= 11 is 0. The van der Waals surface area contributed by atoms with Crippen molar-refractivity contribution in [3.05, 3.63) is 27.4 Å². The van der Waals surface area contributed by atoms with E-state index < -0.39 is 5.97 Å². The third-order valence-electron chi connectivity index (χ3n) is 3.14. The van der Waals surface area contributed by atoms with E-state index in [0.29, 0.717) is 29.9 Å². The van der Waals surface area contributed by atoms with Crippen molar-refractivity contribution in [2.45, 2.75) is 52.5 Å². The highest BCUT2D eigenvalue weighted by Crippen LogP contribution is 2.03. The summed E-state index contributed by atoms with van der Waals surface area (Å²) in [6.07, 6.45) is 0.882. The molecule has 0 aliphatic rings. The summed E-state index contributed by atoms with van der Waals surface area (Å²) in [5.41, 5.74) is 0.920. The van der Waals surface area contributed by atoms with Crippen LogP contribution in [0.3, 0.4) is 0 Å². The molecule has 21 heavy (non-hydrogen) atoms. The number of aromatic nitrogens is 2. The van der Waals surface area contributed by atoms with Crippen LogP contribution in [0, 0.1) is 13.8 Å². The fourth-order valence-corrected chi connectivity index (χ4v) is 2.04. The smallest absolute Gasteiger partial charge is 0.303 e. The van der Waals surface area contributed by atoms with Gasteiger partial charge in [0.1, 0.15) is 5.82 Å². The number of nitrogens with one attached hydrogen (secondary N) is 2. The summed E-state index contributed by atoms with van der Waals surface area (Å²) < 4.78 is 0. The maximum atomic E-state index is 11.8. The molecule has 1 amide bonds. The molecule has 0 fully saturated rings. The maximum absolute atomic E-state index is 11.8. The average molecular weight is 295 g/mol. The lowest BCUT2D eigenvalue weighted by atomic mass is 10.1. The molecule has 0 radical (unpaired) electrons. The molecule has 1 aromatic rings. The Labute approximate surface area is 122 Å². The van der Waals surface area contributed by atoms with Gasteiger partial charge in [0.2, 0.25) is 5.91 Å². The Balaban J connectivity index is 2.50. The van der Waals surface area contributed by atoms with Crippen molar-refractivity contribution in [1.29, 1.82) is 0 Å². The lowest BCUT2D eigenvalue weighted by Crippen LogP contribution is -2.33. The van der Waals surface area contributed by atoms with Crippen LogP contribution in [-0.2, 0) is 16.0 Å². The van der Waals surface area contributed by atoms with Crippen molar-refractivity contribution in [3.63, 3.8) is 0 Å². The Morgan fingerprint density at radius 1 is 1.33 bits per heavy atom. The van der Waals surface area contributed by atoms with Crippen LogP contribution in [0.5, 0.6) is 0 Å². The fourth-order valence-electron chi connectivity index (χ4n) is 2.04. The molecular formula is C14H21N3O4. The number of aromatic amines is 1. The van der Waals surface area contributed by atoms with Crippen molar-refractivity contribution in [2.24, 2.45) is 0 Å². The van der Waals surface area contributed by atoms with Gasteiger partial charge in [0, 0.05) is 30.1 Å². The van der Waals surface area contributed by atoms with Crippen LogP contribution in [0.25, 0.3) is 0 Å². The van der Waals surface area contributed by atoms with Gasteiger partial charge in [-0.25, -0.2) is 4.98 Å². The SMILES string of the molecule is Cc1nc(C)c(CCC(=O)NC(C)CCC(=O)O)c(=O)[nH]1. The lowest BCUT2D eigenvalue weighted by Gasteiger charge is -2.12. The zero-order valence-electron chi connectivity index (χ0n) is 12.5. The van der Waals surface area contributed by atoms with E-state index in [1.807, 2.05) is 0 Å². The first-order chi connectivity index (χ1) is 9.79. The number of carboxylic acids is 1.